The fourth-order valence-electron chi connectivity index (χ4n) is 2.69. The van der Waals surface area contributed by atoms with Gasteiger partial charge in [-0.25, -0.2) is 4.98 Å². The molecule has 0 aliphatic rings. The number of halogens is 1. The molecule has 0 radical (unpaired) electrons. The smallest absolute Gasteiger partial charge is 0.191 e. The summed E-state index contributed by atoms with van der Waals surface area (Å²) in [5.41, 5.74) is 2.22. The molecule has 0 saturated carbocycles. The lowest BCUT2D eigenvalue weighted by Crippen LogP contribution is -2.37. The molecule has 2 rings (SSSR count). The maximum atomic E-state index is 5.36. The van der Waals surface area contributed by atoms with Gasteiger partial charge in [-0.1, -0.05) is 18.2 Å². The van der Waals surface area contributed by atoms with Gasteiger partial charge in [0.15, 0.2) is 5.96 Å². The molecule has 6 nitrogen and oxygen atoms in total. The lowest BCUT2D eigenvalue weighted by Gasteiger charge is -2.17. The van der Waals surface area contributed by atoms with Gasteiger partial charge in [-0.15, -0.1) is 24.0 Å². The lowest BCUT2D eigenvalue weighted by molar-refractivity contribution is 0.143. The van der Waals surface area contributed by atoms with Crippen LogP contribution in [-0.4, -0.2) is 51.8 Å². The third-order valence-electron chi connectivity index (χ3n) is 4.13. The van der Waals surface area contributed by atoms with Gasteiger partial charge in [-0.3, -0.25) is 4.99 Å². The van der Waals surface area contributed by atoms with Gasteiger partial charge >= 0.3 is 0 Å². The number of aliphatic imine (C=N–C) groups is 1. The summed E-state index contributed by atoms with van der Waals surface area (Å²) in [4.78, 5) is 11.0. The number of hydrogen-bond donors (Lipinski definition) is 2. The Balaban J connectivity index is 0.00000364. The number of hydrogen-bond acceptors (Lipinski definition) is 4. The zero-order valence-electron chi connectivity index (χ0n) is 16.8. The molecule has 150 valence electrons. The molecule has 0 bridgehead atoms. The lowest BCUT2D eigenvalue weighted by atomic mass is 10.1. The minimum atomic E-state index is 0. The Labute approximate surface area is 179 Å². The Morgan fingerprint density at radius 3 is 2.67 bits per heavy atom. The average molecular weight is 485 g/mol. The van der Waals surface area contributed by atoms with E-state index in [1.165, 1.54) is 5.56 Å². The van der Waals surface area contributed by atoms with E-state index in [0.29, 0.717) is 6.54 Å². The highest BCUT2D eigenvalue weighted by molar-refractivity contribution is 14.0. The van der Waals surface area contributed by atoms with Crippen LogP contribution >= 0.6 is 24.0 Å². The predicted molar refractivity (Wildman–Crippen MR) is 125 cm³/mol. The SMILES string of the molecule is CCOCCCCNC(=NC)NCc1cc(N(C)C)nc2ccccc12.I. The molecule has 27 heavy (non-hydrogen) atoms. The van der Waals surface area contributed by atoms with Gasteiger partial charge in [-0.2, -0.15) is 0 Å². The van der Waals surface area contributed by atoms with Crippen LogP contribution in [0.4, 0.5) is 5.82 Å². The summed E-state index contributed by atoms with van der Waals surface area (Å²) in [5, 5.41) is 7.93. The van der Waals surface area contributed by atoms with Crippen molar-refractivity contribution in [2.45, 2.75) is 26.3 Å². The number of unbranched alkanes of at least 4 members (excludes halogenated alkanes) is 1. The quantitative estimate of drug-likeness (QED) is 0.247. The van der Waals surface area contributed by atoms with Crippen LogP contribution in [0.5, 0.6) is 0 Å². The highest BCUT2D eigenvalue weighted by Crippen LogP contribution is 2.21. The summed E-state index contributed by atoms with van der Waals surface area (Å²) in [7, 11) is 5.82. The fraction of sp³-hybridized carbons (Fsp3) is 0.500. The molecule has 0 unspecified atom stereocenters. The van der Waals surface area contributed by atoms with Gasteiger partial charge in [0.05, 0.1) is 5.52 Å². The van der Waals surface area contributed by atoms with Crippen molar-refractivity contribution < 1.29 is 4.74 Å². The number of ether oxygens (including phenoxy) is 1. The number of para-hydroxylation sites is 1. The van der Waals surface area contributed by atoms with Gasteiger partial charge < -0.3 is 20.3 Å². The Morgan fingerprint density at radius 1 is 1.19 bits per heavy atom. The Bertz CT molecular complexity index is 721. The van der Waals surface area contributed by atoms with Crippen LogP contribution in [0, 0.1) is 0 Å². The summed E-state index contributed by atoms with van der Waals surface area (Å²) >= 11 is 0. The molecule has 0 spiro atoms. The van der Waals surface area contributed by atoms with Crippen LogP contribution < -0.4 is 15.5 Å². The van der Waals surface area contributed by atoms with Crippen LogP contribution in [0.1, 0.15) is 25.3 Å². The topological polar surface area (TPSA) is 61.8 Å². The van der Waals surface area contributed by atoms with Crippen LogP contribution in [0.3, 0.4) is 0 Å². The van der Waals surface area contributed by atoms with E-state index in [1.807, 2.05) is 38.1 Å². The van der Waals surface area contributed by atoms with Crippen molar-refractivity contribution in [1.82, 2.24) is 15.6 Å². The van der Waals surface area contributed by atoms with Gasteiger partial charge in [0.25, 0.3) is 0 Å². The molecule has 1 aromatic carbocycles. The summed E-state index contributed by atoms with van der Waals surface area (Å²) in [6, 6.07) is 10.4. The number of rotatable bonds is 9. The molecule has 2 N–H and O–H groups in total. The summed E-state index contributed by atoms with van der Waals surface area (Å²) in [6.45, 7) is 5.20. The molecule has 2 aromatic rings. The first-order chi connectivity index (χ1) is 12.7. The number of anilines is 1. The first kappa shape index (κ1) is 23.4. The molecule has 0 fully saturated rings. The average Bonchev–Trinajstić information content (AvgIpc) is 2.66. The van der Waals surface area contributed by atoms with Crippen molar-refractivity contribution in [2.24, 2.45) is 4.99 Å². The number of guanidine groups is 1. The molecule has 0 atom stereocenters. The summed E-state index contributed by atoms with van der Waals surface area (Å²) < 4.78 is 5.36. The molecular formula is C20H32IN5O. The number of benzene rings is 1. The summed E-state index contributed by atoms with van der Waals surface area (Å²) in [6.07, 6.45) is 2.11. The first-order valence-corrected chi connectivity index (χ1v) is 9.24. The normalized spacial score (nSPS) is 11.2. The third kappa shape index (κ3) is 7.50. The standard InChI is InChI=1S/C20H31N5O.HI/c1-5-26-13-9-8-12-22-20(21-2)23-15-16-14-19(25(3)4)24-18-11-7-6-10-17(16)18;/h6-7,10-11,14H,5,8-9,12-13,15H2,1-4H3,(H2,21,22,23);1H. The minimum absolute atomic E-state index is 0. The van der Waals surface area contributed by atoms with Crippen molar-refractivity contribution in [3.05, 3.63) is 35.9 Å². The third-order valence-corrected chi connectivity index (χ3v) is 4.13. The maximum Gasteiger partial charge on any atom is 0.191 e. The number of pyridine rings is 1. The zero-order valence-corrected chi connectivity index (χ0v) is 19.1. The highest BCUT2D eigenvalue weighted by atomic mass is 127. The number of fused-ring (bicyclic) bond motifs is 1. The molecule has 1 heterocycles. The highest BCUT2D eigenvalue weighted by Gasteiger charge is 2.08. The molecule has 0 aliphatic carbocycles. The van der Waals surface area contributed by atoms with Crippen molar-refractivity contribution in [2.75, 3.05) is 45.8 Å². The van der Waals surface area contributed by atoms with E-state index in [1.54, 1.807) is 7.05 Å². The van der Waals surface area contributed by atoms with Gasteiger partial charge in [0, 0.05) is 52.8 Å². The van der Waals surface area contributed by atoms with Crippen molar-refractivity contribution in [1.29, 1.82) is 0 Å². The molecule has 7 heteroatoms. The van der Waals surface area contributed by atoms with Crippen LogP contribution in [0.25, 0.3) is 10.9 Å². The van der Waals surface area contributed by atoms with Crippen LogP contribution in [0.2, 0.25) is 0 Å². The van der Waals surface area contributed by atoms with E-state index in [4.69, 9.17) is 9.72 Å². The Morgan fingerprint density at radius 2 is 1.96 bits per heavy atom. The largest absolute Gasteiger partial charge is 0.382 e. The molecule has 0 aliphatic heterocycles. The number of nitrogens with zero attached hydrogens (tertiary/aromatic N) is 3. The second-order valence-electron chi connectivity index (χ2n) is 6.31. The van der Waals surface area contributed by atoms with E-state index >= 15 is 0 Å². The Hall–Kier alpha value is -1.61. The zero-order chi connectivity index (χ0) is 18.8. The monoisotopic (exact) mass is 485 g/mol. The van der Waals surface area contributed by atoms with Crippen molar-refractivity contribution in [3.63, 3.8) is 0 Å². The van der Waals surface area contributed by atoms with Gasteiger partial charge in [0.2, 0.25) is 0 Å². The van der Waals surface area contributed by atoms with Crippen molar-refractivity contribution >= 4 is 46.7 Å². The van der Waals surface area contributed by atoms with E-state index in [9.17, 15) is 0 Å². The van der Waals surface area contributed by atoms with Crippen LogP contribution in [-0.2, 0) is 11.3 Å². The molecule has 1 aromatic heterocycles. The van der Waals surface area contributed by atoms with Gasteiger partial charge in [0.1, 0.15) is 5.82 Å². The second-order valence-corrected chi connectivity index (χ2v) is 6.31. The van der Waals surface area contributed by atoms with E-state index < -0.39 is 0 Å². The summed E-state index contributed by atoms with van der Waals surface area (Å²) in [5.74, 6) is 1.77. The van der Waals surface area contributed by atoms with Crippen LogP contribution in [0.15, 0.2) is 35.3 Å². The number of nitrogens with one attached hydrogen (secondary N) is 2. The van der Waals surface area contributed by atoms with E-state index in [2.05, 4.69) is 33.8 Å². The molecule has 0 saturated heterocycles. The fourth-order valence-corrected chi connectivity index (χ4v) is 2.69. The van der Waals surface area contributed by atoms with E-state index in [0.717, 1.165) is 55.3 Å². The first-order valence-electron chi connectivity index (χ1n) is 9.24. The second kappa shape index (κ2) is 12.7. The van der Waals surface area contributed by atoms with Crippen molar-refractivity contribution in [3.8, 4) is 0 Å². The maximum absolute atomic E-state index is 5.36. The predicted octanol–water partition coefficient (Wildman–Crippen LogP) is 3.40. The molecular weight excluding hydrogens is 453 g/mol. The number of aromatic nitrogens is 1. The Kier molecular flexibility index (Phi) is 11.0. The minimum Gasteiger partial charge on any atom is -0.382 e. The molecule has 0 amide bonds. The van der Waals surface area contributed by atoms with E-state index in [-0.39, 0.29) is 24.0 Å². The van der Waals surface area contributed by atoms with Gasteiger partial charge in [-0.05, 0) is 37.5 Å².